The Kier molecular flexibility index (Phi) is 3.34. The zero-order valence-electron chi connectivity index (χ0n) is 11.4. The molecule has 0 bridgehead atoms. The van der Waals surface area contributed by atoms with Crippen molar-refractivity contribution in [2.45, 2.75) is 32.6 Å². The fourth-order valence-corrected chi connectivity index (χ4v) is 2.64. The van der Waals surface area contributed by atoms with Crippen molar-refractivity contribution in [2.24, 2.45) is 0 Å². The van der Waals surface area contributed by atoms with Crippen LogP contribution in [0.2, 0.25) is 0 Å². The van der Waals surface area contributed by atoms with E-state index < -0.39 is 0 Å². The van der Waals surface area contributed by atoms with Gasteiger partial charge in [-0.1, -0.05) is 22.9 Å². The van der Waals surface area contributed by atoms with Crippen LogP contribution < -0.4 is 5.32 Å². The minimum absolute atomic E-state index is 0.386. The minimum Gasteiger partial charge on any atom is -0.334 e. The number of aromatic nitrogens is 2. The van der Waals surface area contributed by atoms with Gasteiger partial charge < -0.3 is 9.84 Å². The maximum atomic E-state index is 5.44. The summed E-state index contributed by atoms with van der Waals surface area (Å²) in [6.45, 7) is 6.21. The third-order valence-corrected chi connectivity index (χ3v) is 3.72. The number of aryl methyl sites for hydroxylation is 2. The first-order valence-electron chi connectivity index (χ1n) is 6.86. The number of nitrogens with one attached hydrogen (secondary N) is 1. The number of benzene rings is 1. The van der Waals surface area contributed by atoms with Gasteiger partial charge in [0.25, 0.3) is 5.89 Å². The van der Waals surface area contributed by atoms with Crippen LogP contribution in [0.5, 0.6) is 0 Å². The molecule has 100 valence electrons. The van der Waals surface area contributed by atoms with Crippen molar-refractivity contribution in [2.75, 3.05) is 13.1 Å². The van der Waals surface area contributed by atoms with Crippen molar-refractivity contribution >= 4 is 0 Å². The van der Waals surface area contributed by atoms with Crippen LogP contribution in [0.4, 0.5) is 0 Å². The summed E-state index contributed by atoms with van der Waals surface area (Å²) in [5.74, 6) is 1.86. The van der Waals surface area contributed by atoms with Crippen molar-refractivity contribution in [1.29, 1.82) is 0 Å². The maximum Gasteiger partial charge on any atom is 0.258 e. The molecule has 1 fully saturated rings. The highest BCUT2D eigenvalue weighted by Gasteiger charge is 2.21. The van der Waals surface area contributed by atoms with Crippen molar-refractivity contribution < 1.29 is 4.52 Å². The van der Waals surface area contributed by atoms with Crippen LogP contribution >= 0.6 is 0 Å². The van der Waals surface area contributed by atoms with Gasteiger partial charge >= 0.3 is 0 Å². The molecular formula is C15H19N3O. The second-order valence-electron chi connectivity index (χ2n) is 5.32. The molecule has 4 heteroatoms. The zero-order chi connectivity index (χ0) is 13.2. The van der Waals surface area contributed by atoms with Gasteiger partial charge in [0.05, 0.1) is 0 Å². The van der Waals surface area contributed by atoms with Gasteiger partial charge in [0.2, 0.25) is 0 Å². The standard InChI is InChI=1S/C15H19N3O/c1-10-5-6-13(11(2)8-10)15-17-14(18-19-15)12-4-3-7-16-9-12/h5-6,8,12,16H,3-4,7,9H2,1-2H3. The van der Waals surface area contributed by atoms with Crippen LogP contribution in [0, 0.1) is 13.8 Å². The van der Waals surface area contributed by atoms with Crippen LogP contribution in [-0.2, 0) is 0 Å². The van der Waals surface area contributed by atoms with Gasteiger partial charge in [-0.25, -0.2) is 0 Å². The number of rotatable bonds is 2. The average molecular weight is 257 g/mol. The molecule has 1 atom stereocenters. The smallest absolute Gasteiger partial charge is 0.258 e. The van der Waals surface area contributed by atoms with E-state index in [1.165, 1.54) is 17.5 Å². The summed E-state index contributed by atoms with van der Waals surface area (Å²) in [5, 5.41) is 7.53. The molecule has 2 heterocycles. The molecule has 0 amide bonds. The van der Waals surface area contributed by atoms with Crippen molar-refractivity contribution in [1.82, 2.24) is 15.5 Å². The lowest BCUT2D eigenvalue weighted by atomic mass is 9.99. The second-order valence-corrected chi connectivity index (χ2v) is 5.32. The van der Waals surface area contributed by atoms with Gasteiger partial charge in [0.1, 0.15) is 0 Å². The third-order valence-electron chi connectivity index (χ3n) is 3.72. The Bertz CT molecular complexity index is 571. The topological polar surface area (TPSA) is 51.0 Å². The van der Waals surface area contributed by atoms with Crippen LogP contribution in [-0.4, -0.2) is 23.2 Å². The molecule has 1 aliphatic rings. The first-order valence-corrected chi connectivity index (χ1v) is 6.86. The lowest BCUT2D eigenvalue weighted by molar-refractivity contribution is 0.393. The normalized spacial score (nSPS) is 19.6. The number of piperidine rings is 1. The summed E-state index contributed by atoms with van der Waals surface area (Å²) < 4.78 is 5.44. The van der Waals surface area contributed by atoms with E-state index in [1.54, 1.807) is 0 Å². The number of nitrogens with zero attached hydrogens (tertiary/aromatic N) is 2. The minimum atomic E-state index is 0.386. The van der Waals surface area contributed by atoms with E-state index in [9.17, 15) is 0 Å². The third kappa shape index (κ3) is 2.54. The van der Waals surface area contributed by atoms with E-state index >= 15 is 0 Å². The molecule has 0 radical (unpaired) electrons. The molecule has 1 unspecified atom stereocenters. The highest BCUT2D eigenvalue weighted by molar-refractivity contribution is 5.58. The number of hydrogen-bond acceptors (Lipinski definition) is 4. The summed E-state index contributed by atoms with van der Waals surface area (Å²) in [6.07, 6.45) is 2.32. The predicted molar refractivity (Wildman–Crippen MR) is 74.1 cm³/mol. The Balaban J connectivity index is 1.87. The van der Waals surface area contributed by atoms with Gasteiger partial charge in [-0.3, -0.25) is 0 Å². The molecule has 2 aromatic rings. The van der Waals surface area contributed by atoms with E-state index in [2.05, 4.69) is 47.5 Å². The Labute approximate surface area is 113 Å². The first-order chi connectivity index (χ1) is 9.24. The largest absolute Gasteiger partial charge is 0.334 e. The molecular weight excluding hydrogens is 238 g/mol. The molecule has 1 N–H and O–H groups in total. The van der Waals surface area contributed by atoms with Gasteiger partial charge in [-0.05, 0) is 44.9 Å². The molecule has 1 aromatic heterocycles. The van der Waals surface area contributed by atoms with Crippen molar-refractivity contribution in [3.05, 3.63) is 35.2 Å². The molecule has 1 aromatic carbocycles. The fourth-order valence-electron chi connectivity index (χ4n) is 2.64. The lowest BCUT2D eigenvalue weighted by Gasteiger charge is -2.19. The molecule has 4 nitrogen and oxygen atoms in total. The summed E-state index contributed by atoms with van der Waals surface area (Å²) >= 11 is 0. The van der Waals surface area contributed by atoms with E-state index in [4.69, 9.17) is 4.52 Å². The highest BCUT2D eigenvalue weighted by atomic mass is 16.5. The Morgan fingerprint density at radius 2 is 2.21 bits per heavy atom. The van der Waals surface area contributed by atoms with Crippen molar-refractivity contribution in [3.63, 3.8) is 0 Å². The number of hydrogen-bond donors (Lipinski definition) is 1. The second kappa shape index (κ2) is 5.13. The predicted octanol–water partition coefficient (Wildman–Crippen LogP) is 2.82. The molecule has 3 rings (SSSR count). The van der Waals surface area contributed by atoms with Crippen LogP contribution in [0.15, 0.2) is 22.7 Å². The van der Waals surface area contributed by atoms with E-state index in [0.29, 0.717) is 11.8 Å². The quantitative estimate of drug-likeness (QED) is 0.898. The molecule has 0 saturated carbocycles. The molecule has 0 aliphatic carbocycles. The van der Waals surface area contributed by atoms with Crippen LogP contribution in [0.1, 0.15) is 35.7 Å². The Morgan fingerprint density at radius 3 is 2.95 bits per heavy atom. The molecule has 1 saturated heterocycles. The van der Waals surface area contributed by atoms with Crippen molar-refractivity contribution in [3.8, 4) is 11.5 Å². The summed E-state index contributed by atoms with van der Waals surface area (Å²) in [6, 6.07) is 6.27. The molecule has 19 heavy (non-hydrogen) atoms. The Morgan fingerprint density at radius 1 is 1.32 bits per heavy atom. The van der Waals surface area contributed by atoms with Gasteiger partial charge in [-0.2, -0.15) is 4.98 Å². The summed E-state index contributed by atoms with van der Waals surface area (Å²) in [7, 11) is 0. The fraction of sp³-hybridized carbons (Fsp3) is 0.467. The summed E-state index contributed by atoms with van der Waals surface area (Å²) in [5.41, 5.74) is 3.46. The maximum absolute atomic E-state index is 5.44. The van der Waals surface area contributed by atoms with E-state index in [1.807, 2.05) is 0 Å². The van der Waals surface area contributed by atoms with E-state index in [0.717, 1.165) is 30.9 Å². The van der Waals surface area contributed by atoms with Gasteiger partial charge in [0.15, 0.2) is 5.82 Å². The molecule has 1 aliphatic heterocycles. The molecule has 0 spiro atoms. The highest BCUT2D eigenvalue weighted by Crippen LogP contribution is 2.26. The zero-order valence-corrected chi connectivity index (χ0v) is 11.4. The Hall–Kier alpha value is -1.68. The van der Waals surface area contributed by atoms with Crippen LogP contribution in [0.3, 0.4) is 0 Å². The average Bonchev–Trinajstić information content (AvgIpc) is 2.89. The first kappa shape index (κ1) is 12.4. The lowest BCUT2D eigenvalue weighted by Crippen LogP contribution is -2.28. The van der Waals surface area contributed by atoms with Gasteiger partial charge in [-0.15, -0.1) is 0 Å². The SMILES string of the molecule is Cc1ccc(-c2nc(C3CCCNC3)no2)c(C)c1. The van der Waals surface area contributed by atoms with Crippen LogP contribution in [0.25, 0.3) is 11.5 Å². The monoisotopic (exact) mass is 257 g/mol. The van der Waals surface area contributed by atoms with E-state index in [-0.39, 0.29) is 0 Å². The summed E-state index contributed by atoms with van der Waals surface area (Å²) in [4.78, 5) is 4.58. The van der Waals surface area contributed by atoms with Gasteiger partial charge in [0, 0.05) is 18.0 Å².